The molecule has 0 N–H and O–H groups in total. The van der Waals surface area contributed by atoms with Gasteiger partial charge >= 0.3 is 0 Å². The molecule has 1 saturated carbocycles. The molecule has 3 atom stereocenters. The van der Waals surface area contributed by atoms with E-state index in [4.69, 9.17) is 11.6 Å². The minimum absolute atomic E-state index is 0.0980. The number of carbonyl (C=O) groups is 1. The van der Waals surface area contributed by atoms with Crippen molar-refractivity contribution in [3.05, 3.63) is 28.8 Å². The monoisotopic (exact) mass is 398 g/mol. The molecule has 0 bridgehead atoms. The summed E-state index contributed by atoms with van der Waals surface area (Å²) in [6.07, 6.45) is 5.54. The Balaban J connectivity index is 1.94. The zero-order chi connectivity index (χ0) is 19.1. The molecule has 1 heterocycles. The van der Waals surface area contributed by atoms with Crippen LogP contribution >= 0.6 is 11.6 Å². The lowest BCUT2D eigenvalue weighted by Gasteiger charge is -2.47. The number of carbonyl (C=O) groups excluding carboxylic acids is 1. The van der Waals surface area contributed by atoms with E-state index in [1.54, 1.807) is 0 Å². The summed E-state index contributed by atoms with van der Waals surface area (Å²) in [5, 5.41) is 0.304. The van der Waals surface area contributed by atoms with Crippen LogP contribution < -0.4 is 0 Å². The molecule has 0 spiro atoms. The number of hydrogen-bond acceptors (Lipinski definition) is 3. The first kappa shape index (κ1) is 19.6. The van der Waals surface area contributed by atoms with Crippen LogP contribution in [-0.2, 0) is 10.0 Å². The third-order valence-electron chi connectivity index (χ3n) is 5.95. The highest BCUT2D eigenvalue weighted by Gasteiger charge is 2.40. The Morgan fingerprint density at radius 3 is 2.58 bits per heavy atom. The number of benzene rings is 1. The van der Waals surface area contributed by atoms with Gasteiger partial charge in [0, 0.05) is 26.7 Å². The normalized spacial score (nSPS) is 26.7. The van der Waals surface area contributed by atoms with E-state index in [0.29, 0.717) is 23.4 Å². The Morgan fingerprint density at radius 1 is 1.19 bits per heavy atom. The van der Waals surface area contributed by atoms with Crippen LogP contribution in [0.15, 0.2) is 23.1 Å². The summed E-state index contributed by atoms with van der Waals surface area (Å²) in [5.74, 6) is 1.02. The smallest absolute Gasteiger partial charge is 0.255 e. The van der Waals surface area contributed by atoms with Gasteiger partial charge in [0.1, 0.15) is 0 Å². The molecule has 2 aliphatic rings. The molecular weight excluding hydrogens is 372 g/mol. The fourth-order valence-electron chi connectivity index (χ4n) is 4.36. The molecule has 2 fully saturated rings. The van der Waals surface area contributed by atoms with Gasteiger partial charge in [-0.15, -0.1) is 0 Å². The molecule has 1 aromatic carbocycles. The van der Waals surface area contributed by atoms with E-state index >= 15 is 0 Å². The minimum Gasteiger partial charge on any atom is -0.335 e. The summed E-state index contributed by atoms with van der Waals surface area (Å²) in [6, 6.07) is 4.63. The molecule has 1 aliphatic heterocycles. The highest BCUT2D eigenvalue weighted by molar-refractivity contribution is 7.89. The van der Waals surface area contributed by atoms with Gasteiger partial charge in [0.15, 0.2) is 0 Å². The number of rotatable bonds is 3. The lowest BCUT2D eigenvalue weighted by Crippen LogP contribution is -2.52. The Hall–Kier alpha value is -1.11. The predicted octanol–water partition coefficient (Wildman–Crippen LogP) is 3.63. The molecule has 3 rings (SSSR count). The Labute approximate surface area is 161 Å². The van der Waals surface area contributed by atoms with Gasteiger partial charge in [0.05, 0.1) is 15.5 Å². The van der Waals surface area contributed by atoms with E-state index in [9.17, 15) is 13.2 Å². The highest BCUT2D eigenvalue weighted by Crippen LogP contribution is 2.39. The summed E-state index contributed by atoms with van der Waals surface area (Å²) < 4.78 is 26.0. The quantitative estimate of drug-likeness (QED) is 0.781. The maximum absolute atomic E-state index is 13.3. The van der Waals surface area contributed by atoms with Crippen molar-refractivity contribution < 1.29 is 13.2 Å². The third kappa shape index (κ3) is 3.51. The van der Waals surface area contributed by atoms with E-state index < -0.39 is 10.0 Å². The van der Waals surface area contributed by atoms with Gasteiger partial charge < -0.3 is 4.90 Å². The van der Waals surface area contributed by atoms with Crippen molar-refractivity contribution in [3.63, 3.8) is 0 Å². The van der Waals surface area contributed by atoms with Crippen molar-refractivity contribution in [1.82, 2.24) is 9.21 Å². The number of likely N-dealkylation sites (tertiary alicyclic amines) is 1. The van der Waals surface area contributed by atoms with Gasteiger partial charge in [-0.25, -0.2) is 12.7 Å². The molecule has 7 heteroatoms. The number of fused-ring (bicyclic) bond motifs is 1. The SMILES string of the molecule is CC1CCN(C(=O)c2cc(S(=O)(=O)N(C)C)ccc2Cl)C2CCCCC12. The van der Waals surface area contributed by atoms with Crippen molar-refractivity contribution >= 4 is 27.5 Å². The first-order chi connectivity index (χ1) is 12.2. The second-order valence-electron chi connectivity index (χ2n) is 7.71. The molecule has 1 amide bonds. The summed E-state index contributed by atoms with van der Waals surface area (Å²) >= 11 is 6.29. The standard InChI is InChI=1S/C19H27ClN2O3S/c1-13-10-11-22(18-7-5-4-6-15(13)18)19(23)16-12-14(8-9-17(16)20)26(24,25)21(2)3/h8-9,12-13,15,18H,4-7,10-11H2,1-3H3. The molecule has 1 aromatic rings. The summed E-state index contributed by atoms with van der Waals surface area (Å²) in [5.41, 5.74) is 0.286. The summed E-state index contributed by atoms with van der Waals surface area (Å²) in [6.45, 7) is 2.99. The summed E-state index contributed by atoms with van der Waals surface area (Å²) in [4.78, 5) is 15.3. The van der Waals surface area contributed by atoms with E-state index in [2.05, 4.69) is 6.92 Å². The van der Waals surface area contributed by atoms with Crippen molar-refractivity contribution in [2.45, 2.75) is 50.0 Å². The lowest BCUT2D eigenvalue weighted by atomic mass is 9.72. The Morgan fingerprint density at radius 2 is 1.88 bits per heavy atom. The zero-order valence-electron chi connectivity index (χ0n) is 15.6. The van der Waals surface area contributed by atoms with Gasteiger partial charge in [0.2, 0.25) is 10.0 Å². The number of sulfonamides is 1. The predicted molar refractivity (Wildman–Crippen MR) is 103 cm³/mol. The molecular formula is C19H27ClN2O3S. The van der Waals surface area contributed by atoms with Crippen LogP contribution in [0, 0.1) is 11.8 Å². The number of hydrogen-bond donors (Lipinski definition) is 0. The number of halogens is 1. The van der Waals surface area contributed by atoms with Crippen molar-refractivity contribution in [2.24, 2.45) is 11.8 Å². The second kappa shape index (κ2) is 7.49. The minimum atomic E-state index is -3.61. The molecule has 0 radical (unpaired) electrons. The largest absolute Gasteiger partial charge is 0.335 e. The topological polar surface area (TPSA) is 57.7 Å². The fourth-order valence-corrected chi connectivity index (χ4v) is 5.49. The molecule has 3 unspecified atom stereocenters. The second-order valence-corrected chi connectivity index (χ2v) is 10.3. The summed E-state index contributed by atoms with van der Waals surface area (Å²) in [7, 11) is -0.656. The Kier molecular flexibility index (Phi) is 5.66. The number of nitrogens with zero attached hydrogens (tertiary/aromatic N) is 2. The molecule has 1 aliphatic carbocycles. The van der Waals surface area contributed by atoms with Crippen LogP contribution in [-0.4, -0.2) is 50.2 Å². The number of piperidine rings is 1. The van der Waals surface area contributed by atoms with Gasteiger partial charge in [0.25, 0.3) is 5.91 Å². The van der Waals surface area contributed by atoms with Crippen LogP contribution in [0.1, 0.15) is 49.4 Å². The van der Waals surface area contributed by atoms with E-state index in [0.717, 1.165) is 23.6 Å². The fraction of sp³-hybridized carbons (Fsp3) is 0.632. The van der Waals surface area contributed by atoms with Crippen LogP contribution in [0.25, 0.3) is 0 Å². The van der Waals surface area contributed by atoms with Gasteiger partial charge in [-0.2, -0.15) is 0 Å². The Bertz CT molecular complexity index is 794. The van der Waals surface area contributed by atoms with E-state index in [-0.39, 0.29) is 22.4 Å². The first-order valence-corrected chi connectivity index (χ1v) is 11.1. The number of amides is 1. The maximum Gasteiger partial charge on any atom is 0.255 e. The van der Waals surface area contributed by atoms with E-state index in [1.807, 2.05) is 4.90 Å². The van der Waals surface area contributed by atoms with E-state index in [1.165, 1.54) is 45.1 Å². The molecule has 26 heavy (non-hydrogen) atoms. The van der Waals surface area contributed by atoms with Gasteiger partial charge in [-0.3, -0.25) is 4.79 Å². The molecule has 0 aromatic heterocycles. The average Bonchev–Trinajstić information content (AvgIpc) is 2.62. The first-order valence-electron chi connectivity index (χ1n) is 9.26. The van der Waals surface area contributed by atoms with Crippen LogP contribution in [0.3, 0.4) is 0 Å². The molecule has 144 valence electrons. The van der Waals surface area contributed by atoms with Gasteiger partial charge in [-0.1, -0.05) is 31.4 Å². The highest BCUT2D eigenvalue weighted by atomic mass is 35.5. The average molecular weight is 399 g/mol. The zero-order valence-corrected chi connectivity index (χ0v) is 17.2. The van der Waals surface area contributed by atoms with Crippen LogP contribution in [0.2, 0.25) is 5.02 Å². The van der Waals surface area contributed by atoms with Crippen LogP contribution in [0.5, 0.6) is 0 Å². The third-order valence-corrected chi connectivity index (χ3v) is 8.09. The van der Waals surface area contributed by atoms with Crippen LogP contribution in [0.4, 0.5) is 0 Å². The van der Waals surface area contributed by atoms with Crippen molar-refractivity contribution in [3.8, 4) is 0 Å². The van der Waals surface area contributed by atoms with Gasteiger partial charge in [-0.05, 0) is 49.3 Å². The maximum atomic E-state index is 13.3. The molecule has 1 saturated heterocycles. The van der Waals surface area contributed by atoms with Crippen molar-refractivity contribution in [1.29, 1.82) is 0 Å². The van der Waals surface area contributed by atoms with Crippen molar-refractivity contribution in [2.75, 3.05) is 20.6 Å². The molecule has 5 nitrogen and oxygen atoms in total. The lowest BCUT2D eigenvalue weighted by molar-refractivity contribution is 0.0217.